The number of carbonyl (C=O) groups is 1. The van der Waals surface area contributed by atoms with Crippen LogP contribution in [0.2, 0.25) is 5.02 Å². The van der Waals surface area contributed by atoms with Crippen LogP contribution in [0.5, 0.6) is 11.5 Å². The lowest BCUT2D eigenvalue weighted by Gasteiger charge is -2.17. The van der Waals surface area contributed by atoms with E-state index in [-0.39, 0.29) is 35.5 Å². The van der Waals surface area contributed by atoms with E-state index >= 15 is 0 Å². The standard InChI is InChI=1S/C20H17ClFN3O4/c1-27-16-6-3-11(7-17(16)28-2)20-23-19(24-29-20)12-8-18(26)25(10-12)15-5-4-13(21)9-14(15)22/h3-7,9,12H,8,10H2,1-2H3. The number of anilines is 1. The molecule has 2 aromatic carbocycles. The molecular formula is C20H17ClFN3O4. The molecule has 4 rings (SSSR count). The number of aromatic nitrogens is 2. The van der Waals surface area contributed by atoms with Crippen molar-refractivity contribution in [1.29, 1.82) is 0 Å². The highest BCUT2D eigenvalue weighted by atomic mass is 35.5. The summed E-state index contributed by atoms with van der Waals surface area (Å²) in [6.45, 7) is 0.252. The first-order valence-corrected chi connectivity index (χ1v) is 9.19. The molecule has 0 spiro atoms. The summed E-state index contributed by atoms with van der Waals surface area (Å²) in [6.07, 6.45) is 0.160. The van der Waals surface area contributed by atoms with Gasteiger partial charge in [-0.15, -0.1) is 0 Å². The van der Waals surface area contributed by atoms with Crippen molar-refractivity contribution in [3.05, 3.63) is 53.1 Å². The van der Waals surface area contributed by atoms with Crippen molar-refractivity contribution in [1.82, 2.24) is 10.1 Å². The van der Waals surface area contributed by atoms with Crippen molar-refractivity contribution in [3.8, 4) is 23.0 Å². The lowest BCUT2D eigenvalue weighted by molar-refractivity contribution is -0.117. The largest absolute Gasteiger partial charge is 0.493 e. The zero-order valence-corrected chi connectivity index (χ0v) is 16.4. The van der Waals surface area contributed by atoms with Gasteiger partial charge < -0.3 is 18.9 Å². The van der Waals surface area contributed by atoms with Gasteiger partial charge in [0.25, 0.3) is 5.89 Å². The Morgan fingerprint density at radius 2 is 1.97 bits per heavy atom. The number of hydrogen-bond donors (Lipinski definition) is 0. The van der Waals surface area contributed by atoms with Crippen molar-refractivity contribution in [2.24, 2.45) is 0 Å². The zero-order chi connectivity index (χ0) is 20.5. The maximum absolute atomic E-state index is 14.2. The molecule has 150 valence electrons. The SMILES string of the molecule is COc1ccc(-c2nc(C3CC(=O)N(c4ccc(Cl)cc4F)C3)no2)cc1OC. The highest BCUT2D eigenvalue weighted by Crippen LogP contribution is 2.35. The van der Waals surface area contributed by atoms with E-state index in [1.807, 2.05) is 0 Å². The molecule has 1 fully saturated rings. The van der Waals surface area contributed by atoms with Gasteiger partial charge in [-0.2, -0.15) is 4.98 Å². The van der Waals surface area contributed by atoms with Crippen LogP contribution in [0.15, 0.2) is 40.9 Å². The minimum atomic E-state index is -0.550. The number of amides is 1. The van der Waals surface area contributed by atoms with E-state index in [2.05, 4.69) is 10.1 Å². The number of ether oxygens (including phenoxy) is 2. The molecule has 3 aromatic rings. The Morgan fingerprint density at radius 3 is 2.69 bits per heavy atom. The van der Waals surface area contributed by atoms with Crippen LogP contribution in [0.25, 0.3) is 11.5 Å². The molecule has 1 saturated heterocycles. The van der Waals surface area contributed by atoms with Crippen LogP contribution in [-0.4, -0.2) is 36.8 Å². The third-order valence-corrected chi connectivity index (χ3v) is 5.00. The summed E-state index contributed by atoms with van der Waals surface area (Å²) in [6, 6.07) is 9.45. The number of rotatable bonds is 5. The number of benzene rings is 2. The third-order valence-electron chi connectivity index (χ3n) is 4.76. The minimum Gasteiger partial charge on any atom is -0.493 e. The molecule has 1 aliphatic rings. The van der Waals surface area contributed by atoms with Gasteiger partial charge in [-0.25, -0.2) is 4.39 Å². The van der Waals surface area contributed by atoms with Crippen LogP contribution in [-0.2, 0) is 4.79 Å². The monoisotopic (exact) mass is 417 g/mol. The van der Waals surface area contributed by atoms with Gasteiger partial charge in [0.15, 0.2) is 17.3 Å². The van der Waals surface area contributed by atoms with Crippen molar-refractivity contribution >= 4 is 23.2 Å². The predicted molar refractivity (Wildman–Crippen MR) is 104 cm³/mol. The van der Waals surface area contributed by atoms with Gasteiger partial charge in [-0.1, -0.05) is 16.8 Å². The van der Waals surface area contributed by atoms with E-state index in [0.717, 1.165) is 0 Å². The van der Waals surface area contributed by atoms with E-state index in [1.165, 1.54) is 24.1 Å². The fourth-order valence-corrected chi connectivity index (χ4v) is 3.46. The lowest BCUT2D eigenvalue weighted by Crippen LogP contribution is -2.25. The van der Waals surface area contributed by atoms with Crippen LogP contribution >= 0.6 is 11.6 Å². The van der Waals surface area contributed by atoms with Gasteiger partial charge in [0, 0.05) is 29.5 Å². The van der Waals surface area contributed by atoms with Crippen LogP contribution < -0.4 is 14.4 Å². The lowest BCUT2D eigenvalue weighted by atomic mass is 10.1. The average molecular weight is 418 g/mol. The summed E-state index contributed by atoms with van der Waals surface area (Å²) in [5.74, 6) is 0.724. The molecule has 0 aliphatic carbocycles. The van der Waals surface area contributed by atoms with Gasteiger partial charge in [0.05, 0.1) is 19.9 Å². The Labute approximate surface area is 171 Å². The van der Waals surface area contributed by atoms with Crippen molar-refractivity contribution in [2.75, 3.05) is 25.7 Å². The summed E-state index contributed by atoms with van der Waals surface area (Å²) in [5, 5.41) is 4.29. The molecule has 9 heteroatoms. The fourth-order valence-electron chi connectivity index (χ4n) is 3.30. The Hall–Kier alpha value is -3.13. The fraction of sp³-hybridized carbons (Fsp3) is 0.250. The van der Waals surface area contributed by atoms with E-state index in [0.29, 0.717) is 28.8 Å². The first-order chi connectivity index (χ1) is 14.0. The summed E-state index contributed by atoms with van der Waals surface area (Å²) < 4.78 is 30.1. The van der Waals surface area contributed by atoms with E-state index < -0.39 is 5.82 Å². The van der Waals surface area contributed by atoms with Crippen molar-refractivity contribution < 1.29 is 23.2 Å². The summed E-state index contributed by atoms with van der Waals surface area (Å²) in [5.41, 5.74) is 0.844. The molecule has 1 atom stereocenters. The molecule has 1 aliphatic heterocycles. The molecule has 1 unspecified atom stereocenters. The number of nitrogens with zero attached hydrogens (tertiary/aromatic N) is 3. The topological polar surface area (TPSA) is 77.7 Å². The third kappa shape index (κ3) is 3.63. The van der Waals surface area contributed by atoms with Crippen molar-refractivity contribution in [3.63, 3.8) is 0 Å². The summed E-state index contributed by atoms with van der Waals surface area (Å²) in [7, 11) is 3.09. The Kier molecular flexibility index (Phi) is 5.10. The first-order valence-electron chi connectivity index (χ1n) is 8.81. The molecular weight excluding hydrogens is 401 g/mol. The molecule has 0 N–H and O–H groups in total. The van der Waals surface area contributed by atoms with Crippen LogP contribution in [0.3, 0.4) is 0 Å². The second kappa shape index (κ2) is 7.71. The average Bonchev–Trinajstić information content (AvgIpc) is 3.34. The predicted octanol–water partition coefficient (Wildman–Crippen LogP) is 4.07. The molecule has 7 nitrogen and oxygen atoms in total. The Morgan fingerprint density at radius 1 is 1.17 bits per heavy atom. The summed E-state index contributed by atoms with van der Waals surface area (Å²) >= 11 is 5.79. The minimum absolute atomic E-state index is 0.160. The Balaban J connectivity index is 1.57. The van der Waals surface area contributed by atoms with E-state index in [9.17, 15) is 9.18 Å². The highest BCUT2D eigenvalue weighted by Gasteiger charge is 2.35. The number of methoxy groups -OCH3 is 2. The Bertz CT molecular complexity index is 1070. The van der Waals surface area contributed by atoms with E-state index in [1.54, 1.807) is 31.4 Å². The van der Waals surface area contributed by atoms with Gasteiger partial charge in [-0.3, -0.25) is 4.79 Å². The molecule has 2 heterocycles. The first kappa shape index (κ1) is 19.2. The van der Waals surface area contributed by atoms with Gasteiger partial charge in [0.1, 0.15) is 5.82 Å². The van der Waals surface area contributed by atoms with Gasteiger partial charge in [0.2, 0.25) is 5.91 Å². The number of halogens is 2. The molecule has 0 saturated carbocycles. The summed E-state index contributed by atoms with van der Waals surface area (Å²) in [4.78, 5) is 18.2. The second-order valence-corrected chi connectivity index (χ2v) is 6.97. The molecule has 1 aromatic heterocycles. The van der Waals surface area contributed by atoms with Crippen LogP contribution in [0.1, 0.15) is 18.2 Å². The van der Waals surface area contributed by atoms with Crippen LogP contribution in [0.4, 0.5) is 10.1 Å². The normalized spacial score (nSPS) is 16.3. The maximum Gasteiger partial charge on any atom is 0.258 e. The molecule has 0 radical (unpaired) electrons. The zero-order valence-electron chi connectivity index (χ0n) is 15.7. The van der Waals surface area contributed by atoms with Crippen molar-refractivity contribution in [2.45, 2.75) is 12.3 Å². The van der Waals surface area contributed by atoms with Gasteiger partial charge in [-0.05, 0) is 36.4 Å². The van der Waals surface area contributed by atoms with Crippen LogP contribution in [0, 0.1) is 5.82 Å². The number of hydrogen-bond acceptors (Lipinski definition) is 6. The van der Waals surface area contributed by atoms with E-state index in [4.69, 9.17) is 25.6 Å². The molecule has 29 heavy (non-hydrogen) atoms. The quantitative estimate of drug-likeness (QED) is 0.622. The molecule has 1 amide bonds. The smallest absolute Gasteiger partial charge is 0.258 e. The van der Waals surface area contributed by atoms with Gasteiger partial charge >= 0.3 is 0 Å². The molecule has 0 bridgehead atoms. The number of carbonyl (C=O) groups excluding carboxylic acids is 1. The maximum atomic E-state index is 14.2. The highest BCUT2D eigenvalue weighted by molar-refractivity contribution is 6.30. The second-order valence-electron chi connectivity index (χ2n) is 6.53.